The molecule has 1 aliphatic rings. The van der Waals surface area contributed by atoms with E-state index in [0.717, 1.165) is 31.0 Å². The van der Waals surface area contributed by atoms with Gasteiger partial charge in [-0.3, -0.25) is 14.4 Å². The highest BCUT2D eigenvalue weighted by Crippen LogP contribution is 2.15. The Morgan fingerprint density at radius 3 is 2.71 bits per heavy atom. The Hall–Kier alpha value is -1.36. The highest BCUT2D eigenvalue weighted by Gasteiger charge is 2.17. The Morgan fingerprint density at radius 1 is 1.33 bits per heavy atom. The van der Waals surface area contributed by atoms with E-state index in [1.165, 1.54) is 24.8 Å². The van der Waals surface area contributed by atoms with Gasteiger partial charge in [0, 0.05) is 24.8 Å². The molecule has 118 valence electrons. The van der Waals surface area contributed by atoms with Gasteiger partial charge in [-0.25, -0.2) is 0 Å². The predicted octanol–water partition coefficient (Wildman–Crippen LogP) is 1.80. The van der Waals surface area contributed by atoms with Gasteiger partial charge in [-0.05, 0) is 52.6 Å². The lowest BCUT2D eigenvalue weighted by Gasteiger charge is -2.33. The third-order valence-electron chi connectivity index (χ3n) is 4.70. The summed E-state index contributed by atoms with van der Waals surface area (Å²) in [5.41, 5.74) is 3.25. The van der Waals surface area contributed by atoms with E-state index in [1.807, 2.05) is 20.8 Å². The van der Waals surface area contributed by atoms with Gasteiger partial charge >= 0.3 is 0 Å². The number of carbonyl (C=O) groups excluding carboxylic acids is 1. The fourth-order valence-corrected chi connectivity index (χ4v) is 2.96. The highest BCUT2D eigenvalue weighted by atomic mass is 16.2. The van der Waals surface area contributed by atoms with Crippen molar-refractivity contribution in [3.05, 3.63) is 17.0 Å². The van der Waals surface area contributed by atoms with E-state index in [-0.39, 0.29) is 5.91 Å². The van der Waals surface area contributed by atoms with Crippen molar-refractivity contribution in [3.63, 3.8) is 0 Å². The number of nitrogens with zero attached hydrogens (tertiary/aromatic N) is 3. The zero-order valence-corrected chi connectivity index (χ0v) is 13.8. The van der Waals surface area contributed by atoms with Gasteiger partial charge in [-0.15, -0.1) is 0 Å². The maximum atomic E-state index is 12.0. The standard InChI is InChI=1S/C16H28N4O/c1-12-7-5-6-9-19(12)10-8-17-16(21)11-20-15(4)13(2)14(3)18-20/h12H,5-11H2,1-4H3,(H,17,21)/t12-/m0/s1. The van der Waals surface area contributed by atoms with Crippen LogP contribution in [0.15, 0.2) is 0 Å². The molecule has 1 aliphatic heterocycles. The van der Waals surface area contributed by atoms with Gasteiger partial charge in [0.2, 0.25) is 5.91 Å². The third-order valence-corrected chi connectivity index (χ3v) is 4.70. The smallest absolute Gasteiger partial charge is 0.241 e. The number of amides is 1. The van der Waals surface area contributed by atoms with Crippen LogP contribution in [0.1, 0.15) is 43.1 Å². The van der Waals surface area contributed by atoms with Crippen molar-refractivity contribution in [1.29, 1.82) is 0 Å². The van der Waals surface area contributed by atoms with Gasteiger partial charge in [0.25, 0.3) is 0 Å². The lowest BCUT2D eigenvalue weighted by Crippen LogP contribution is -2.43. The summed E-state index contributed by atoms with van der Waals surface area (Å²) in [6.07, 6.45) is 3.89. The van der Waals surface area contributed by atoms with Crippen molar-refractivity contribution < 1.29 is 4.79 Å². The van der Waals surface area contributed by atoms with Gasteiger partial charge in [-0.2, -0.15) is 5.10 Å². The number of piperidine rings is 1. The minimum atomic E-state index is 0.0465. The topological polar surface area (TPSA) is 50.2 Å². The summed E-state index contributed by atoms with van der Waals surface area (Å²) in [5.74, 6) is 0.0465. The first-order chi connectivity index (χ1) is 9.99. The molecule has 21 heavy (non-hydrogen) atoms. The van der Waals surface area contributed by atoms with Crippen molar-refractivity contribution in [1.82, 2.24) is 20.0 Å². The quantitative estimate of drug-likeness (QED) is 0.900. The summed E-state index contributed by atoms with van der Waals surface area (Å²) >= 11 is 0. The first-order valence-electron chi connectivity index (χ1n) is 8.00. The first kappa shape index (κ1) is 16.0. The molecule has 2 heterocycles. The molecule has 1 fully saturated rings. The average Bonchev–Trinajstić information content (AvgIpc) is 2.68. The van der Waals surface area contributed by atoms with Gasteiger partial charge in [0.1, 0.15) is 6.54 Å². The lowest BCUT2D eigenvalue weighted by atomic mass is 10.0. The summed E-state index contributed by atoms with van der Waals surface area (Å²) < 4.78 is 1.80. The van der Waals surface area contributed by atoms with E-state index < -0.39 is 0 Å². The molecular formula is C16H28N4O. The molecule has 1 aromatic rings. The number of aromatic nitrogens is 2. The van der Waals surface area contributed by atoms with Crippen LogP contribution in [0, 0.1) is 20.8 Å². The lowest BCUT2D eigenvalue weighted by molar-refractivity contribution is -0.121. The second-order valence-electron chi connectivity index (χ2n) is 6.18. The normalized spacial score (nSPS) is 19.7. The largest absolute Gasteiger partial charge is 0.353 e. The first-order valence-corrected chi connectivity index (χ1v) is 8.00. The molecule has 5 heteroatoms. The maximum absolute atomic E-state index is 12.0. The highest BCUT2D eigenvalue weighted by molar-refractivity contribution is 5.75. The Balaban J connectivity index is 1.76. The maximum Gasteiger partial charge on any atom is 0.241 e. The van der Waals surface area contributed by atoms with E-state index >= 15 is 0 Å². The molecule has 0 radical (unpaired) electrons. The second kappa shape index (κ2) is 7.07. The van der Waals surface area contributed by atoms with Crippen molar-refractivity contribution in [2.45, 2.75) is 59.5 Å². The number of nitrogens with one attached hydrogen (secondary N) is 1. The monoisotopic (exact) mass is 292 g/mol. The van der Waals surface area contributed by atoms with Gasteiger partial charge in [0.15, 0.2) is 0 Å². The van der Waals surface area contributed by atoms with Crippen LogP contribution >= 0.6 is 0 Å². The summed E-state index contributed by atoms with van der Waals surface area (Å²) in [6.45, 7) is 11.5. The molecule has 1 aromatic heterocycles. The minimum absolute atomic E-state index is 0.0465. The van der Waals surface area contributed by atoms with Gasteiger partial charge in [0.05, 0.1) is 5.69 Å². The fourth-order valence-electron chi connectivity index (χ4n) is 2.96. The molecule has 1 amide bonds. The van der Waals surface area contributed by atoms with Crippen molar-refractivity contribution in [2.24, 2.45) is 0 Å². The summed E-state index contributed by atoms with van der Waals surface area (Å²) in [4.78, 5) is 14.5. The van der Waals surface area contributed by atoms with Crippen LogP contribution in [0.5, 0.6) is 0 Å². The van der Waals surface area contributed by atoms with Crippen molar-refractivity contribution in [2.75, 3.05) is 19.6 Å². The van der Waals surface area contributed by atoms with Crippen LogP contribution < -0.4 is 5.32 Å². The molecule has 1 N–H and O–H groups in total. The van der Waals surface area contributed by atoms with E-state index in [9.17, 15) is 4.79 Å². The van der Waals surface area contributed by atoms with Crippen molar-refractivity contribution >= 4 is 5.91 Å². The fraction of sp³-hybridized carbons (Fsp3) is 0.750. The molecule has 0 unspecified atom stereocenters. The average molecular weight is 292 g/mol. The van der Waals surface area contributed by atoms with Crippen LogP contribution in [0.2, 0.25) is 0 Å². The Morgan fingerprint density at radius 2 is 2.10 bits per heavy atom. The van der Waals surface area contributed by atoms with E-state index in [0.29, 0.717) is 12.6 Å². The van der Waals surface area contributed by atoms with Gasteiger partial charge < -0.3 is 5.32 Å². The zero-order chi connectivity index (χ0) is 15.4. The summed E-state index contributed by atoms with van der Waals surface area (Å²) in [6, 6.07) is 0.648. The zero-order valence-electron chi connectivity index (χ0n) is 13.8. The number of rotatable bonds is 5. The number of hydrogen-bond acceptors (Lipinski definition) is 3. The Kier molecular flexibility index (Phi) is 5.39. The minimum Gasteiger partial charge on any atom is -0.353 e. The van der Waals surface area contributed by atoms with Crippen LogP contribution in [0.4, 0.5) is 0 Å². The van der Waals surface area contributed by atoms with E-state index in [4.69, 9.17) is 0 Å². The van der Waals surface area contributed by atoms with Crippen molar-refractivity contribution in [3.8, 4) is 0 Å². The molecule has 0 spiro atoms. The number of aryl methyl sites for hydroxylation is 1. The summed E-state index contributed by atoms with van der Waals surface area (Å²) in [7, 11) is 0. The molecule has 0 saturated carbocycles. The van der Waals surface area contributed by atoms with E-state index in [2.05, 4.69) is 22.2 Å². The van der Waals surface area contributed by atoms with Gasteiger partial charge in [-0.1, -0.05) is 6.42 Å². The molecule has 0 aromatic carbocycles. The number of hydrogen-bond donors (Lipinski definition) is 1. The molecule has 2 rings (SSSR count). The predicted molar refractivity (Wildman–Crippen MR) is 84.3 cm³/mol. The third kappa shape index (κ3) is 4.06. The second-order valence-corrected chi connectivity index (χ2v) is 6.18. The van der Waals surface area contributed by atoms with Crippen LogP contribution in [-0.4, -0.2) is 46.3 Å². The van der Waals surface area contributed by atoms with Crippen LogP contribution in [0.3, 0.4) is 0 Å². The van der Waals surface area contributed by atoms with Crippen LogP contribution in [0.25, 0.3) is 0 Å². The SMILES string of the molecule is Cc1nn(CC(=O)NCCN2CCCC[C@@H]2C)c(C)c1C. The van der Waals surface area contributed by atoms with E-state index in [1.54, 1.807) is 4.68 Å². The number of carbonyl (C=O) groups is 1. The molecule has 0 bridgehead atoms. The number of likely N-dealkylation sites (tertiary alicyclic amines) is 1. The Bertz CT molecular complexity index is 495. The van der Waals surface area contributed by atoms with Crippen LogP contribution in [-0.2, 0) is 11.3 Å². The molecule has 1 atom stereocenters. The molecule has 1 saturated heterocycles. The molecule has 0 aliphatic carbocycles. The molecule has 5 nitrogen and oxygen atoms in total. The Labute approximate surface area is 127 Å². The summed E-state index contributed by atoms with van der Waals surface area (Å²) in [5, 5.41) is 7.42. The molecular weight excluding hydrogens is 264 g/mol.